The van der Waals surface area contributed by atoms with Gasteiger partial charge in [-0.15, -0.1) is 0 Å². The first-order valence-electron chi connectivity index (χ1n) is 4.76. The Balaban J connectivity index is 2.19. The molecule has 2 rings (SSSR count). The van der Waals surface area contributed by atoms with Crippen molar-refractivity contribution < 1.29 is 19.4 Å². The molecule has 1 atom stereocenters. The highest BCUT2D eigenvalue weighted by Gasteiger charge is 2.24. The van der Waals surface area contributed by atoms with Crippen LogP contribution in [0.4, 0.5) is 0 Å². The van der Waals surface area contributed by atoms with Crippen molar-refractivity contribution in [3.63, 3.8) is 0 Å². The summed E-state index contributed by atoms with van der Waals surface area (Å²) in [7, 11) is 0. The molecule has 0 amide bonds. The van der Waals surface area contributed by atoms with Crippen molar-refractivity contribution in [3.05, 3.63) is 23.8 Å². The van der Waals surface area contributed by atoms with Crippen LogP contribution in [0.25, 0.3) is 0 Å². The van der Waals surface area contributed by atoms with Crippen LogP contribution in [0.3, 0.4) is 0 Å². The molecule has 0 radical (unpaired) electrons. The molecule has 1 saturated heterocycles. The van der Waals surface area contributed by atoms with Crippen molar-refractivity contribution in [1.29, 1.82) is 0 Å². The molecule has 15 heavy (non-hydrogen) atoms. The van der Waals surface area contributed by atoms with E-state index in [9.17, 15) is 9.90 Å². The number of ketones is 1. The number of ether oxygens (including phenoxy) is 2. The zero-order chi connectivity index (χ0) is 10.8. The molecule has 0 spiro atoms. The lowest BCUT2D eigenvalue weighted by Crippen LogP contribution is -2.07. The highest BCUT2D eigenvalue weighted by Crippen LogP contribution is 2.28. The number of carbonyl (C=O) groups is 1. The van der Waals surface area contributed by atoms with Crippen molar-refractivity contribution in [2.45, 2.75) is 13.0 Å². The number of hydrogen-bond donors (Lipinski definition) is 1. The van der Waals surface area contributed by atoms with Crippen LogP contribution in [0.1, 0.15) is 17.3 Å². The Kier molecular flexibility index (Phi) is 2.60. The summed E-state index contributed by atoms with van der Waals surface area (Å²) in [5.74, 6) is 0.162. The third-order valence-electron chi connectivity index (χ3n) is 2.18. The first-order chi connectivity index (χ1) is 7.18. The monoisotopic (exact) mass is 208 g/mol. The van der Waals surface area contributed by atoms with E-state index in [-0.39, 0.29) is 23.2 Å². The van der Waals surface area contributed by atoms with Crippen LogP contribution in [0, 0.1) is 0 Å². The average molecular weight is 208 g/mol. The van der Waals surface area contributed by atoms with Crippen LogP contribution in [0.5, 0.6) is 11.5 Å². The fraction of sp³-hybridized carbons (Fsp3) is 0.364. The first kappa shape index (κ1) is 9.98. The standard InChI is InChI=1S/C11H12O4/c1-7(12)11-9(13)3-2-4-10(11)15-6-8-5-14-8/h2-4,8,13H,5-6H2,1H3. The van der Waals surface area contributed by atoms with Gasteiger partial charge in [-0.2, -0.15) is 0 Å². The number of benzene rings is 1. The fourth-order valence-corrected chi connectivity index (χ4v) is 1.34. The zero-order valence-electron chi connectivity index (χ0n) is 8.40. The number of phenolic OH excluding ortho intramolecular Hbond substituents is 1. The predicted octanol–water partition coefficient (Wildman–Crippen LogP) is 1.37. The van der Waals surface area contributed by atoms with E-state index >= 15 is 0 Å². The smallest absolute Gasteiger partial charge is 0.167 e. The number of rotatable bonds is 4. The van der Waals surface area contributed by atoms with Gasteiger partial charge in [0.1, 0.15) is 29.8 Å². The van der Waals surface area contributed by atoms with Gasteiger partial charge in [-0.3, -0.25) is 4.79 Å². The second kappa shape index (κ2) is 3.90. The van der Waals surface area contributed by atoms with Gasteiger partial charge in [0.25, 0.3) is 0 Å². The van der Waals surface area contributed by atoms with E-state index in [1.54, 1.807) is 12.1 Å². The van der Waals surface area contributed by atoms with Crippen molar-refractivity contribution in [2.75, 3.05) is 13.2 Å². The summed E-state index contributed by atoms with van der Waals surface area (Å²) >= 11 is 0. The third kappa shape index (κ3) is 2.27. The Hall–Kier alpha value is -1.55. The minimum atomic E-state index is -0.209. The lowest BCUT2D eigenvalue weighted by Gasteiger charge is -2.09. The molecule has 1 heterocycles. The Morgan fingerprint density at radius 2 is 2.40 bits per heavy atom. The maximum Gasteiger partial charge on any atom is 0.167 e. The van der Waals surface area contributed by atoms with Crippen molar-refractivity contribution in [2.24, 2.45) is 0 Å². The number of phenols is 1. The molecule has 4 nitrogen and oxygen atoms in total. The molecule has 1 N–H and O–H groups in total. The minimum absolute atomic E-state index is 0.0447. The lowest BCUT2D eigenvalue weighted by atomic mass is 10.1. The van der Waals surface area contributed by atoms with E-state index < -0.39 is 0 Å². The van der Waals surface area contributed by atoms with Crippen LogP contribution >= 0.6 is 0 Å². The van der Waals surface area contributed by atoms with Gasteiger partial charge in [0, 0.05) is 0 Å². The number of epoxide rings is 1. The summed E-state index contributed by atoms with van der Waals surface area (Å²) in [5, 5.41) is 9.51. The number of carbonyl (C=O) groups excluding carboxylic acids is 1. The van der Waals surface area contributed by atoms with E-state index in [0.717, 1.165) is 0 Å². The first-order valence-corrected chi connectivity index (χ1v) is 4.76. The number of hydrogen-bond acceptors (Lipinski definition) is 4. The van der Waals surface area contributed by atoms with Gasteiger partial charge in [-0.1, -0.05) is 6.07 Å². The van der Waals surface area contributed by atoms with E-state index in [1.807, 2.05) is 0 Å². The Morgan fingerprint density at radius 1 is 1.67 bits per heavy atom. The Morgan fingerprint density at radius 3 is 3.00 bits per heavy atom. The predicted molar refractivity (Wildman–Crippen MR) is 53.3 cm³/mol. The second-order valence-electron chi connectivity index (χ2n) is 3.47. The molecular formula is C11H12O4. The van der Waals surface area contributed by atoms with E-state index in [1.165, 1.54) is 13.0 Å². The fourth-order valence-electron chi connectivity index (χ4n) is 1.34. The summed E-state index contributed by atoms with van der Waals surface area (Å²) in [6, 6.07) is 4.78. The van der Waals surface area contributed by atoms with Crippen molar-refractivity contribution >= 4 is 5.78 Å². The zero-order valence-corrected chi connectivity index (χ0v) is 8.40. The van der Waals surface area contributed by atoms with Gasteiger partial charge >= 0.3 is 0 Å². The van der Waals surface area contributed by atoms with Crippen LogP contribution in [-0.4, -0.2) is 30.2 Å². The quantitative estimate of drug-likeness (QED) is 0.599. The maximum absolute atomic E-state index is 11.3. The normalized spacial score (nSPS) is 18.6. The molecule has 1 aliphatic heterocycles. The van der Waals surface area contributed by atoms with E-state index in [2.05, 4.69) is 0 Å². The molecular weight excluding hydrogens is 196 g/mol. The molecule has 0 saturated carbocycles. The molecule has 1 aromatic carbocycles. The van der Waals surface area contributed by atoms with E-state index in [0.29, 0.717) is 19.0 Å². The van der Waals surface area contributed by atoms with Crippen molar-refractivity contribution in [3.8, 4) is 11.5 Å². The van der Waals surface area contributed by atoms with Crippen LogP contribution in [0.2, 0.25) is 0 Å². The Bertz CT molecular complexity index is 382. The maximum atomic E-state index is 11.3. The largest absolute Gasteiger partial charge is 0.507 e. The summed E-state index contributed by atoms with van der Waals surface area (Å²) < 4.78 is 10.4. The van der Waals surface area contributed by atoms with Gasteiger partial charge < -0.3 is 14.6 Å². The molecule has 1 aromatic rings. The van der Waals surface area contributed by atoms with Crippen LogP contribution < -0.4 is 4.74 Å². The molecule has 0 aromatic heterocycles. The average Bonchev–Trinajstić information content (AvgIpc) is 2.97. The van der Waals surface area contributed by atoms with Crippen molar-refractivity contribution in [1.82, 2.24) is 0 Å². The highest BCUT2D eigenvalue weighted by atomic mass is 16.6. The summed E-state index contributed by atoms with van der Waals surface area (Å²) in [6.07, 6.45) is 0.132. The molecule has 4 heteroatoms. The molecule has 1 fully saturated rings. The molecule has 1 aliphatic rings. The molecule has 80 valence electrons. The van der Waals surface area contributed by atoms with Gasteiger partial charge in [0.15, 0.2) is 5.78 Å². The van der Waals surface area contributed by atoms with Crippen LogP contribution in [-0.2, 0) is 4.74 Å². The molecule has 0 aliphatic carbocycles. The number of Topliss-reactive ketones (excluding diaryl/α,β-unsaturated/α-hetero) is 1. The van der Waals surface area contributed by atoms with Gasteiger partial charge in [-0.05, 0) is 19.1 Å². The summed E-state index contributed by atoms with van der Waals surface area (Å²) in [4.78, 5) is 11.3. The van der Waals surface area contributed by atoms with Gasteiger partial charge in [0.2, 0.25) is 0 Å². The third-order valence-corrected chi connectivity index (χ3v) is 2.18. The molecule has 1 unspecified atom stereocenters. The number of aromatic hydroxyl groups is 1. The molecule has 0 bridgehead atoms. The summed E-state index contributed by atoms with van der Waals surface area (Å²) in [6.45, 7) is 2.52. The SMILES string of the molecule is CC(=O)c1c(O)cccc1OCC1CO1. The minimum Gasteiger partial charge on any atom is -0.507 e. The van der Waals surface area contributed by atoms with Gasteiger partial charge in [0.05, 0.1) is 6.61 Å². The summed E-state index contributed by atoms with van der Waals surface area (Å²) in [5.41, 5.74) is 0.234. The van der Waals surface area contributed by atoms with Gasteiger partial charge in [-0.25, -0.2) is 0 Å². The van der Waals surface area contributed by atoms with Crippen LogP contribution in [0.15, 0.2) is 18.2 Å². The topological polar surface area (TPSA) is 59.1 Å². The lowest BCUT2D eigenvalue weighted by molar-refractivity contribution is 0.101. The second-order valence-corrected chi connectivity index (χ2v) is 3.47. The Labute approximate surface area is 87.4 Å². The highest BCUT2D eigenvalue weighted by molar-refractivity contribution is 5.99. The van der Waals surface area contributed by atoms with E-state index in [4.69, 9.17) is 9.47 Å².